The van der Waals surface area contributed by atoms with E-state index in [-0.39, 0.29) is 17.5 Å². The predicted molar refractivity (Wildman–Crippen MR) is 74.4 cm³/mol. The summed E-state index contributed by atoms with van der Waals surface area (Å²) in [6.07, 6.45) is 2.45. The van der Waals surface area contributed by atoms with Crippen molar-refractivity contribution in [2.75, 3.05) is 6.54 Å². The van der Waals surface area contributed by atoms with Crippen molar-refractivity contribution in [2.45, 2.75) is 35.4 Å². The molecular formula is C13H15FN4OS. The van der Waals surface area contributed by atoms with Crippen molar-refractivity contribution in [3.8, 4) is 0 Å². The highest BCUT2D eigenvalue weighted by molar-refractivity contribution is 7.99. The molecule has 5 nitrogen and oxygen atoms in total. The van der Waals surface area contributed by atoms with Gasteiger partial charge in [0.05, 0.1) is 0 Å². The maximum atomic E-state index is 13.9. The SMILES string of the molecule is NCCc1c(F)cccc1Sc1n[nH]c(=O)n1C1CC1. The monoisotopic (exact) mass is 294 g/mol. The van der Waals surface area contributed by atoms with Crippen molar-refractivity contribution < 1.29 is 4.39 Å². The lowest BCUT2D eigenvalue weighted by atomic mass is 10.1. The van der Waals surface area contributed by atoms with Gasteiger partial charge in [0.15, 0.2) is 5.16 Å². The van der Waals surface area contributed by atoms with Gasteiger partial charge in [-0.1, -0.05) is 6.07 Å². The van der Waals surface area contributed by atoms with Gasteiger partial charge in [-0.3, -0.25) is 4.57 Å². The van der Waals surface area contributed by atoms with E-state index in [1.54, 1.807) is 10.6 Å². The number of nitrogens with two attached hydrogens (primary N) is 1. The molecule has 0 radical (unpaired) electrons. The zero-order chi connectivity index (χ0) is 14.1. The van der Waals surface area contributed by atoms with Gasteiger partial charge in [0.1, 0.15) is 5.82 Å². The van der Waals surface area contributed by atoms with Gasteiger partial charge in [-0.25, -0.2) is 14.3 Å². The Hall–Kier alpha value is -1.60. The highest BCUT2D eigenvalue weighted by Crippen LogP contribution is 2.38. The van der Waals surface area contributed by atoms with Gasteiger partial charge in [-0.2, -0.15) is 0 Å². The third-order valence-corrected chi connectivity index (χ3v) is 4.33. The van der Waals surface area contributed by atoms with Gasteiger partial charge in [0, 0.05) is 16.5 Å². The molecule has 1 aliphatic carbocycles. The Bertz CT molecular complexity index is 677. The molecule has 106 valence electrons. The van der Waals surface area contributed by atoms with E-state index in [9.17, 15) is 9.18 Å². The maximum absolute atomic E-state index is 13.9. The van der Waals surface area contributed by atoms with Gasteiger partial charge in [-0.15, -0.1) is 5.10 Å². The number of aromatic amines is 1. The average molecular weight is 294 g/mol. The Kier molecular flexibility index (Phi) is 3.62. The number of hydrogen-bond acceptors (Lipinski definition) is 4. The van der Waals surface area contributed by atoms with E-state index in [0.29, 0.717) is 23.7 Å². The normalized spacial score (nSPS) is 14.7. The maximum Gasteiger partial charge on any atom is 0.344 e. The molecule has 1 saturated carbocycles. The summed E-state index contributed by atoms with van der Waals surface area (Å²) in [5.41, 5.74) is 5.91. The summed E-state index contributed by atoms with van der Waals surface area (Å²) in [4.78, 5) is 12.5. The van der Waals surface area contributed by atoms with E-state index >= 15 is 0 Å². The summed E-state index contributed by atoms with van der Waals surface area (Å²) in [5.74, 6) is -0.267. The Labute approximate surface area is 119 Å². The highest BCUT2D eigenvalue weighted by Gasteiger charge is 2.29. The molecule has 1 heterocycles. The third-order valence-electron chi connectivity index (χ3n) is 3.26. The second-order valence-electron chi connectivity index (χ2n) is 4.77. The Morgan fingerprint density at radius 3 is 3.00 bits per heavy atom. The zero-order valence-electron chi connectivity index (χ0n) is 10.8. The summed E-state index contributed by atoms with van der Waals surface area (Å²) >= 11 is 1.31. The molecule has 2 aromatic rings. The number of nitrogens with zero attached hydrogens (tertiary/aromatic N) is 2. The first-order chi connectivity index (χ1) is 9.70. The molecule has 0 saturated heterocycles. The molecule has 1 aromatic heterocycles. The number of aromatic nitrogens is 3. The molecule has 0 spiro atoms. The average Bonchev–Trinajstić information content (AvgIpc) is 3.19. The van der Waals surface area contributed by atoms with Crippen LogP contribution in [-0.4, -0.2) is 21.3 Å². The van der Waals surface area contributed by atoms with Crippen LogP contribution in [0.15, 0.2) is 33.0 Å². The van der Waals surface area contributed by atoms with E-state index in [4.69, 9.17) is 5.73 Å². The number of nitrogens with one attached hydrogen (secondary N) is 1. The van der Waals surface area contributed by atoms with Crippen molar-refractivity contribution >= 4 is 11.8 Å². The molecular weight excluding hydrogens is 279 g/mol. The van der Waals surface area contributed by atoms with Crippen LogP contribution >= 0.6 is 11.8 Å². The van der Waals surface area contributed by atoms with Gasteiger partial charge in [-0.05, 0) is 49.7 Å². The molecule has 0 atom stereocenters. The second kappa shape index (κ2) is 5.41. The molecule has 1 aromatic carbocycles. The fourth-order valence-electron chi connectivity index (χ4n) is 2.14. The van der Waals surface area contributed by atoms with Crippen LogP contribution in [0.25, 0.3) is 0 Å². The molecule has 3 rings (SSSR count). The molecule has 1 fully saturated rings. The highest BCUT2D eigenvalue weighted by atomic mass is 32.2. The van der Waals surface area contributed by atoms with Crippen LogP contribution in [0.5, 0.6) is 0 Å². The number of H-pyrrole nitrogens is 1. The lowest BCUT2D eigenvalue weighted by molar-refractivity contribution is 0.602. The van der Waals surface area contributed by atoms with Crippen molar-refractivity contribution in [2.24, 2.45) is 5.73 Å². The molecule has 7 heteroatoms. The topological polar surface area (TPSA) is 76.7 Å². The number of benzene rings is 1. The Morgan fingerprint density at radius 1 is 1.50 bits per heavy atom. The Morgan fingerprint density at radius 2 is 2.30 bits per heavy atom. The first-order valence-electron chi connectivity index (χ1n) is 6.53. The smallest absolute Gasteiger partial charge is 0.330 e. The fraction of sp³-hybridized carbons (Fsp3) is 0.385. The van der Waals surface area contributed by atoms with Crippen LogP contribution in [0.2, 0.25) is 0 Å². The number of halogens is 1. The van der Waals surface area contributed by atoms with Crippen LogP contribution in [0, 0.1) is 5.82 Å². The first kappa shape index (κ1) is 13.4. The largest absolute Gasteiger partial charge is 0.344 e. The third kappa shape index (κ3) is 2.51. The number of rotatable bonds is 5. The van der Waals surface area contributed by atoms with E-state index in [2.05, 4.69) is 10.2 Å². The first-order valence-corrected chi connectivity index (χ1v) is 7.34. The fourth-order valence-corrected chi connectivity index (χ4v) is 3.22. The van der Waals surface area contributed by atoms with E-state index in [0.717, 1.165) is 17.7 Å². The van der Waals surface area contributed by atoms with Gasteiger partial charge in [0.25, 0.3) is 0 Å². The molecule has 0 bridgehead atoms. The Balaban J connectivity index is 1.95. The lowest BCUT2D eigenvalue weighted by Gasteiger charge is -2.09. The van der Waals surface area contributed by atoms with Crippen LogP contribution in [0.4, 0.5) is 4.39 Å². The molecule has 1 aliphatic rings. The minimum Gasteiger partial charge on any atom is -0.330 e. The summed E-state index contributed by atoms with van der Waals surface area (Å²) in [6, 6.07) is 5.14. The van der Waals surface area contributed by atoms with Crippen molar-refractivity contribution in [1.82, 2.24) is 14.8 Å². The van der Waals surface area contributed by atoms with E-state index in [1.165, 1.54) is 17.8 Å². The van der Waals surface area contributed by atoms with Gasteiger partial charge in [0.2, 0.25) is 0 Å². The predicted octanol–water partition coefficient (Wildman–Crippen LogP) is 1.70. The van der Waals surface area contributed by atoms with Crippen LogP contribution < -0.4 is 11.4 Å². The summed E-state index contributed by atoms with van der Waals surface area (Å²) < 4.78 is 15.5. The molecule has 3 N–H and O–H groups in total. The summed E-state index contributed by atoms with van der Waals surface area (Å²) in [6.45, 7) is 0.379. The summed E-state index contributed by atoms with van der Waals surface area (Å²) in [7, 11) is 0. The van der Waals surface area contributed by atoms with Gasteiger partial charge >= 0.3 is 5.69 Å². The van der Waals surface area contributed by atoms with E-state index in [1.807, 2.05) is 6.07 Å². The zero-order valence-corrected chi connectivity index (χ0v) is 11.6. The summed E-state index contributed by atoms with van der Waals surface area (Å²) in [5, 5.41) is 7.09. The standard InChI is InChI=1S/C13H15FN4OS/c14-10-2-1-3-11(9(10)6-7-15)20-13-17-16-12(19)18(13)8-4-5-8/h1-3,8H,4-7,15H2,(H,16,19). The molecule has 0 unspecified atom stereocenters. The van der Waals surface area contributed by atoms with Crippen molar-refractivity contribution in [3.63, 3.8) is 0 Å². The molecule has 0 amide bonds. The van der Waals surface area contributed by atoms with Crippen LogP contribution in [0.3, 0.4) is 0 Å². The van der Waals surface area contributed by atoms with Crippen LogP contribution in [-0.2, 0) is 6.42 Å². The quantitative estimate of drug-likeness (QED) is 0.880. The minimum absolute atomic E-state index is 0.202. The van der Waals surface area contributed by atoms with Gasteiger partial charge < -0.3 is 5.73 Å². The molecule has 20 heavy (non-hydrogen) atoms. The minimum atomic E-state index is -0.267. The van der Waals surface area contributed by atoms with Crippen molar-refractivity contribution in [3.05, 3.63) is 40.1 Å². The van der Waals surface area contributed by atoms with Crippen molar-refractivity contribution in [1.29, 1.82) is 0 Å². The lowest BCUT2D eigenvalue weighted by Crippen LogP contribution is -2.16. The number of hydrogen-bond donors (Lipinski definition) is 2. The van der Waals surface area contributed by atoms with Crippen LogP contribution in [0.1, 0.15) is 24.4 Å². The molecule has 0 aliphatic heterocycles. The van der Waals surface area contributed by atoms with E-state index < -0.39 is 0 Å². The second-order valence-corrected chi connectivity index (χ2v) is 5.78.